The quantitative estimate of drug-likeness (QED) is 0.220. The van der Waals surface area contributed by atoms with E-state index in [-0.39, 0.29) is 0 Å². The fourth-order valence-corrected chi connectivity index (χ4v) is 10.0. The standard InChI is InChI=1S/C19H27O.3CH3.Sn/c1-4-5-6-7-8-9-12-17-13-10-14-18(17)15-11-16-19(2,3)20;;;;/h15,20H,4-8,10,13-14H2,1-3H3;3*1H3;. The Morgan fingerprint density at radius 2 is 1.88 bits per heavy atom. The van der Waals surface area contributed by atoms with E-state index in [1.54, 1.807) is 0 Å². The normalized spacial score (nSPS) is 15.0. The Kier molecular flexibility index (Phi) is 8.92. The van der Waals surface area contributed by atoms with Crippen molar-refractivity contribution in [1.82, 2.24) is 0 Å². The zero-order chi connectivity index (χ0) is 18.2. The zero-order valence-electron chi connectivity index (χ0n) is 16.7. The van der Waals surface area contributed by atoms with Crippen molar-refractivity contribution in [3.8, 4) is 11.8 Å². The molecule has 0 heterocycles. The molecule has 0 saturated carbocycles. The van der Waals surface area contributed by atoms with E-state index in [0.29, 0.717) is 0 Å². The maximum atomic E-state index is 10.5. The van der Waals surface area contributed by atoms with Crippen molar-refractivity contribution >= 4 is 18.4 Å². The van der Waals surface area contributed by atoms with Gasteiger partial charge in [-0.15, -0.1) is 0 Å². The van der Waals surface area contributed by atoms with Crippen molar-refractivity contribution < 1.29 is 5.11 Å². The van der Waals surface area contributed by atoms with Gasteiger partial charge in [-0.2, -0.15) is 0 Å². The minimum absolute atomic E-state index is 0.755. The van der Waals surface area contributed by atoms with Gasteiger partial charge in [0.1, 0.15) is 0 Å². The van der Waals surface area contributed by atoms with Crippen LogP contribution in [0.3, 0.4) is 0 Å². The summed E-state index contributed by atoms with van der Waals surface area (Å²) in [5.74, 6) is 6.78. The van der Waals surface area contributed by atoms with E-state index in [2.05, 4.69) is 45.4 Å². The van der Waals surface area contributed by atoms with Crippen LogP contribution >= 0.6 is 0 Å². The van der Waals surface area contributed by atoms with Gasteiger partial charge in [-0.25, -0.2) is 0 Å². The van der Waals surface area contributed by atoms with E-state index >= 15 is 0 Å². The van der Waals surface area contributed by atoms with E-state index < -0.39 is 24.0 Å². The molecule has 0 bridgehead atoms. The Morgan fingerprint density at radius 1 is 1.17 bits per heavy atom. The molecule has 0 aromatic heterocycles. The summed E-state index contributed by atoms with van der Waals surface area (Å²) < 4.78 is 1.16. The second-order valence-electron chi connectivity index (χ2n) is 8.44. The summed E-state index contributed by atoms with van der Waals surface area (Å²) in [5.41, 5.74) is 5.39. The van der Waals surface area contributed by atoms with Crippen LogP contribution in [0.1, 0.15) is 72.1 Å². The monoisotopic (exact) mass is 436 g/mol. The zero-order valence-corrected chi connectivity index (χ0v) is 19.5. The molecule has 1 nitrogen and oxygen atoms in total. The van der Waals surface area contributed by atoms with Crippen molar-refractivity contribution in [3.63, 3.8) is 0 Å². The first kappa shape index (κ1) is 21.6. The Bertz CT molecular complexity index is 548. The molecule has 0 aromatic carbocycles. The van der Waals surface area contributed by atoms with Crippen LogP contribution in [-0.2, 0) is 0 Å². The number of hydrogen-bond donors (Lipinski definition) is 1. The Balaban J connectivity index is 2.93. The van der Waals surface area contributed by atoms with Crippen molar-refractivity contribution in [2.75, 3.05) is 0 Å². The summed E-state index contributed by atoms with van der Waals surface area (Å²) in [7, 11) is 0. The molecule has 0 radical (unpaired) electrons. The molecule has 134 valence electrons. The second kappa shape index (κ2) is 9.91. The van der Waals surface area contributed by atoms with Gasteiger partial charge in [0, 0.05) is 0 Å². The second-order valence-corrected chi connectivity index (χ2v) is 22.7. The molecule has 0 unspecified atom stereocenters. The molecule has 24 heavy (non-hydrogen) atoms. The summed E-state index contributed by atoms with van der Waals surface area (Å²) in [6.45, 7) is 6.03. The van der Waals surface area contributed by atoms with E-state index in [0.717, 1.165) is 22.9 Å². The molecule has 2 heteroatoms. The summed E-state index contributed by atoms with van der Waals surface area (Å²) in [6, 6.07) is 0. The Labute approximate surface area is 154 Å². The van der Waals surface area contributed by atoms with Crippen molar-refractivity contribution in [2.24, 2.45) is 0 Å². The van der Waals surface area contributed by atoms with Gasteiger partial charge in [0.05, 0.1) is 0 Å². The molecule has 0 amide bonds. The predicted octanol–water partition coefficient (Wildman–Crippen LogP) is 6.17. The van der Waals surface area contributed by atoms with Crippen LogP contribution in [0.25, 0.3) is 0 Å². The molecule has 0 fully saturated rings. The van der Waals surface area contributed by atoms with Crippen LogP contribution in [0.5, 0.6) is 0 Å². The molecule has 1 aliphatic rings. The summed E-state index contributed by atoms with van der Waals surface area (Å²) in [4.78, 5) is 7.01. The number of unbranched alkanes of at least 4 members (excludes halogenated alkanes) is 4. The topological polar surface area (TPSA) is 20.2 Å². The average molecular weight is 435 g/mol. The third-order valence-corrected chi connectivity index (χ3v) is 10.8. The van der Waals surface area contributed by atoms with Crippen molar-refractivity contribution in [1.29, 1.82) is 0 Å². The third-order valence-electron chi connectivity index (χ3n) is 4.41. The molecule has 1 aliphatic carbocycles. The summed E-state index contributed by atoms with van der Waals surface area (Å²) >= 11 is -2.36. The number of rotatable bonds is 7. The third kappa shape index (κ3) is 7.64. The van der Waals surface area contributed by atoms with Gasteiger partial charge in [0.2, 0.25) is 0 Å². The van der Waals surface area contributed by atoms with Gasteiger partial charge in [0.25, 0.3) is 0 Å². The molecule has 0 atom stereocenters. The number of aliphatic hydroxyl groups is 1. The van der Waals surface area contributed by atoms with E-state index in [1.807, 2.05) is 13.8 Å². The van der Waals surface area contributed by atoms with Crippen molar-refractivity contribution in [2.45, 2.75) is 92.6 Å². The number of hydrogen-bond acceptors (Lipinski definition) is 1. The minimum atomic E-state index is -2.36. The predicted molar refractivity (Wildman–Crippen MR) is 109 cm³/mol. The number of allylic oxidation sites excluding steroid dienone is 2. The fourth-order valence-electron chi connectivity index (χ4n) is 3.35. The summed E-state index contributed by atoms with van der Waals surface area (Å²) in [5, 5.41) is 10.5. The van der Waals surface area contributed by atoms with Crippen LogP contribution in [-0.4, -0.2) is 29.1 Å². The molecule has 0 saturated heterocycles. The van der Waals surface area contributed by atoms with Gasteiger partial charge < -0.3 is 0 Å². The molecule has 1 N–H and O–H groups in total. The van der Waals surface area contributed by atoms with Gasteiger partial charge in [-0.05, 0) is 0 Å². The Hall–Kier alpha value is -0.421. The van der Waals surface area contributed by atoms with Gasteiger partial charge in [-0.3, -0.25) is 0 Å². The van der Waals surface area contributed by atoms with Gasteiger partial charge in [-0.1, -0.05) is 6.92 Å². The first-order valence-corrected chi connectivity index (χ1v) is 19.6. The van der Waals surface area contributed by atoms with E-state index in [9.17, 15) is 5.11 Å². The van der Waals surface area contributed by atoms with Crippen LogP contribution in [0.2, 0.25) is 14.8 Å². The van der Waals surface area contributed by atoms with Crippen LogP contribution < -0.4 is 0 Å². The molecule has 0 spiro atoms. The van der Waals surface area contributed by atoms with Crippen LogP contribution in [0.15, 0.2) is 26.5 Å². The average Bonchev–Trinajstić information content (AvgIpc) is 2.87. The van der Waals surface area contributed by atoms with Crippen LogP contribution in [0.4, 0.5) is 0 Å². The van der Waals surface area contributed by atoms with Gasteiger partial charge >= 0.3 is 148 Å². The van der Waals surface area contributed by atoms with E-state index in [4.69, 9.17) is 0 Å². The SMILES string of the molecule is CCCCCCC#CC1=C(C=C=[C](C(C)(C)O)[Sn]([CH3])([CH3])[CH3])CCC1. The first-order chi connectivity index (χ1) is 11.2. The first-order valence-electron chi connectivity index (χ1n) is 9.57. The van der Waals surface area contributed by atoms with E-state index in [1.165, 1.54) is 43.3 Å². The molecule has 1 rings (SSSR count). The van der Waals surface area contributed by atoms with Crippen molar-refractivity contribution in [3.05, 3.63) is 26.5 Å². The van der Waals surface area contributed by atoms with Gasteiger partial charge in [0.15, 0.2) is 0 Å². The fraction of sp³-hybridized carbons (Fsp3) is 0.682. The Morgan fingerprint density at radius 3 is 2.46 bits per heavy atom. The van der Waals surface area contributed by atoms with Crippen LogP contribution in [0, 0.1) is 11.8 Å². The molecular formula is C22H36OSn. The molecule has 0 aliphatic heterocycles. The molecular weight excluding hydrogens is 399 g/mol. The molecule has 0 aromatic rings. The maximum absolute atomic E-state index is 10.5. The summed E-state index contributed by atoms with van der Waals surface area (Å²) in [6.07, 6.45) is 11.7.